The first-order chi connectivity index (χ1) is 11.2. The van der Waals surface area contributed by atoms with Crippen LogP contribution in [0.2, 0.25) is 0 Å². The van der Waals surface area contributed by atoms with Crippen molar-refractivity contribution in [1.29, 1.82) is 0 Å². The molecule has 0 aliphatic heterocycles. The molecule has 0 aliphatic rings. The first kappa shape index (κ1) is 15.0. The Morgan fingerprint density at radius 3 is 2.61 bits per heavy atom. The summed E-state index contributed by atoms with van der Waals surface area (Å²) in [5.41, 5.74) is 3.33. The molecule has 0 saturated heterocycles. The highest BCUT2D eigenvalue weighted by Gasteiger charge is 2.13. The van der Waals surface area contributed by atoms with Gasteiger partial charge in [0.25, 0.3) is 0 Å². The van der Waals surface area contributed by atoms with E-state index in [1.54, 1.807) is 13.2 Å². The molecular formula is C18H18N2O3. The van der Waals surface area contributed by atoms with E-state index in [1.165, 1.54) is 12.7 Å². The minimum atomic E-state index is -0.401. The number of ether oxygens (including phenoxy) is 2. The molecule has 5 nitrogen and oxygen atoms in total. The topological polar surface area (TPSA) is 63.4 Å². The fourth-order valence-electron chi connectivity index (χ4n) is 2.50. The molecule has 0 bridgehead atoms. The summed E-state index contributed by atoms with van der Waals surface area (Å²) < 4.78 is 10.2. The number of carbonyl (C=O) groups excluding carboxylic acids is 1. The number of anilines is 1. The van der Waals surface area contributed by atoms with Crippen molar-refractivity contribution in [3.63, 3.8) is 0 Å². The summed E-state index contributed by atoms with van der Waals surface area (Å²) in [5, 5.41) is 4.21. The number of hydrogen-bond acceptors (Lipinski definition) is 4. The van der Waals surface area contributed by atoms with Gasteiger partial charge in [-0.25, -0.2) is 4.79 Å². The molecule has 0 fully saturated rings. The van der Waals surface area contributed by atoms with Crippen LogP contribution in [0.25, 0.3) is 10.9 Å². The predicted molar refractivity (Wildman–Crippen MR) is 90.0 cm³/mol. The Hall–Kier alpha value is -2.95. The zero-order valence-electron chi connectivity index (χ0n) is 13.1. The maximum Gasteiger partial charge on any atom is 0.354 e. The number of methoxy groups -OCH3 is 2. The summed E-state index contributed by atoms with van der Waals surface area (Å²) in [4.78, 5) is 14.7. The van der Waals surface area contributed by atoms with Gasteiger partial charge in [-0.05, 0) is 17.7 Å². The number of esters is 1. The zero-order valence-corrected chi connectivity index (χ0v) is 13.1. The average molecular weight is 310 g/mol. The van der Waals surface area contributed by atoms with Gasteiger partial charge in [-0.3, -0.25) is 0 Å². The molecule has 2 aromatic carbocycles. The van der Waals surface area contributed by atoms with Gasteiger partial charge in [0, 0.05) is 23.7 Å². The summed E-state index contributed by atoms with van der Waals surface area (Å²) in [7, 11) is 2.97. The van der Waals surface area contributed by atoms with Gasteiger partial charge in [-0.1, -0.05) is 30.3 Å². The summed E-state index contributed by atoms with van der Waals surface area (Å²) in [5.74, 6) is 0.298. The van der Waals surface area contributed by atoms with Crippen molar-refractivity contribution in [2.45, 2.75) is 6.54 Å². The molecule has 0 spiro atoms. The lowest BCUT2D eigenvalue weighted by molar-refractivity contribution is 0.0595. The van der Waals surface area contributed by atoms with Crippen molar-refractivity contribution in [1.82, 2.24) is 4.98 Å². The minimum Gasteiger partial charge on any atom is -0.496 e. The number of carbonyl (C=O) groups is 1. The number of H-pyrrole nitrogens is 1. The van der Waals surface area contributed by atoms with Gasteiger partial charge in [0.05, 0.1) is 19.7 Å². The van der Waals surface area contributed by atoms with Gasteiger partial charge >= 0.3 is 5.97 Å². The molecule has 0 atom stereocenters. The fraction of sp³-hybridized carbons (Fsp3) is 0.167. The SMILES string of the molecule is COC(=O)c1cc2c(OC)cc(NCc3ccccc3)cc2[nH]1. The van der Waals surface area contributed by atoms with E-state index in [4.69, 9.17) is 9.47 Å². The zero-order chi connectivity index (χ0) is 16.2. The minimum absolute atomic E-state index is 0.401. The number of nitrogens with one attached hydrogen (secondary N) is 2. The highest BCUT2D eigenvalue weighted by Crippen LogP contribution is 2.31. The van der Waals surface area contributed by atoms with Crippen LogP contribution >= 0.6 is 0 Å². The van der Waals surface area contributed by atoms with E-state index >= 15 is 0 Å². The molecule has 0 amide bonds. The quantitative estimate of drug-likeness (QED) is 0.707. The Morgan fingerprint density at radius 2 is 1.91 bits per heavy atom. The Bertz CT molecular complexity index is 825. The van der Waals surface area contributed by atoms with Crippen LogP contribution in [0.5, 0.6) is 5.75 Å². The van der Waals surface area contributed by atoms with Crippen LogP contribution in [0.15, 0.2) is 48.5 Å². The normalized spacial score (nSPS) is 10.5. The van der Waals surface area contributed by atoms with Crippen molar-refractivity contribution < 1.29 is 14.3 Å². The van der Waals surface area contributed by atoms with Gasteiger partial charge in [-0.2, -0.15) is 0 Å². The van der Waals surface area contributed by atoms with Crippen LogP contribution in [0.4, 0.5) is 5.69 Å². The molecule has 23 heavy (non-hydrogen) atoms. The summed E-state index contributed by atoms with van der Waals surface area (Å²) in [6.07, 6.45) is 0. The molecule has 0 saturated carbocycles. The van der Waals surface area contributed by atoms with Gasteiger partial charge in [0.1, 0.15) is 11.4 Å². The van der Waals surface area contributed by atoms with E-state index in [1.807, 2.05) is 30.3 Å². The lowest BCUT2D eigenvalue weighted by atomic mass is 10.2. The Balaban J connectivity index is 1.90. The van der Waals surface area contributed by atoms with Gasteiger partial charge in [0.15, 0.2) is 0 Å². The molecule has 118 valence electrons. The fourth-order valence-corrected chi connectivity index (χ4v) is 2.50. The van der Waals surface area contributed by atoms with Crippen LogP contribution in [0.3, 0.4) is 0 Å². The third-order valence-electron chi connectivity index (χ3n) is 3.66. The van der Waals surface area contributed by atoms with Crippen LogP contribution < -0.4 is 10.1 Å². The van der Waals surface area contributed by atoms with E-state index in [2.05, 4.69) is 22.4 Å². The molecule has 0 aliphatic carbocycles. The molecule has 1 heterocycles. The number of aromatic amines is 1. The molecular weight excluding hydrogens is 292 g/mol. The second-order valence-electron chi connectivity index (χ2n) is 5.15. The van der Waals surface area contributed by atoms with Crippen LogP contribution in [0.1, 0.15) is 16.1 Å². The number of hydrogen-bond donors (Lipinski definition) is 2. The van der Waals surface area contributed by atoms with Crippen molar-refractivity contribution in [2.75, 3.05) is 19.5 Å². The van der Waals surface area contributed by atoms with E-state index < -0.39 is 5.97 Å². The molecule has 5 heteroatoms. The standard InChI is InChI=1S/C18H18N2O3/c1-22-17-9-13(19-11-12-6-4-3-5-7-12)8-15-14(17)10-16(20-15)18(21)23-2/h3-10,19-20H,11H2,1-2H3. The van der Waals surface area contributed by atoms with Crippen molar-refractivity contribution in [2.24, 2.45) is 0 Å². The average Bonchev–Trinajstić information content (AvgIpc) is 3.03. The maximum atomic E-state index is 11.7. The first-order valence-corrected chi connectivity index (χ1v) is 7.28. The number of rotatable bonds is 5. The maximum absolute atomic E-state index is 11.7. The van der Waals surface area contributed by atoms with E-state index in [-0.39, 0.29) is 0 Å². The third-order valence-corrected chi connectivity index (χ3v) is 3.66. The smallest absolute Gasteiger partial charge is 0.354 e. The van der Waals surface area contributed by atoms with E-state index in [0.717, 1.165) is 16.6 Å². The highest BCUT2D eigenvalue weighted by molar-refractivity contribution is 5.98. The summed E-state index contributed by atoms with van der Waals surface area (Å²) in [6, 6.07) is 15.7. The number of fused-ring (bicyclic) bond motifs is 1. The van der Waals surface area contributed by atoms with Crippen molar-refractivity contribution in [3.8, 4) is 5.75 Å². The Kier molecular flexibility index (Phi) is 4.19. The van der Waals surface area contributed by atoms with Crippen molar-refractivity contribution in [3.05, 3.63) is 59.8 Å². The number of aromatic nitrogens is 1. The third kappa shape index (κ3) is 3.13. The first-order valence-electron chi connectivity index (χ1n) is 7.28. The van der Waals surface area contributed by atoms with Crippen molar-refractivity contribution >= 4 is 22.6 Å². The van der Waals surface area contributed by atoms with Gasteiger partial charge < -0.3 is 19.8 Å². The Morgan fingerprint density at radius 1 is 1.13 bits per heavy atom. The molecule has 0 unspecified atom stereocenters. The van der Waals surface area contributed by atoms with Crippen LogP contribution in [0, 0.1) is 0 Å². The highest BCUT2D eigenvalue weighted by atomic mass is 16.5. The molecule has 0 radical (unpaired) electrons. The van der Waals surface area contributed by atoms with Crippen LogP contribution in [-0.2, 0) is 11.3 Å². The largest absolute Gasteiger partial charge is 0.496 e. The lowest BCUT2D eigenvalue weighted by Crippen LogP contribution is -2.00. The molecule has 3 aromatic rings. The van der Waals surface area contributed by atoms with Crippen LogP contribution in [-0.4, -0.2) is 25.2 Å². The molecule has 3 rings (SSSR count). The monoisotopic (exact) mass is 310 g/mol. The molecule has 1 aromatic heterocycles. The van der Waals surface area contributed by atoms with E-state index in [9.17, 15) is 4.79 Å². The summed E-state index contributed by atoms with van der Waals surface area (Å²) in [6.45, 7) is 0.708. The second-order valence-corrected chi connectivity index (χ2v) is 5.15. The Labute approximate surface area is 134 Å². The lowest BCUT2D eigenvalue weighted by Gasteiger charge is -2.09. The molecule has 2 N–H and O–H groups in total. The van der Waals surface area contributed by atoms with Gasteiger partial charge in [0.2, 0.25) is 0 Å². The summed E-state index contributed by atoms with van der Waals surface area (Å²) >= 11 is 0. The number of benzene rings is 2. The second kappa shape index (κ2) is 6.44. The van der Waals surface area contributed by atoms with E-state index in [0.29, 0.717) is 18.0 Å². The van der Waals surface area contributed by atoms with Gasteiger partial charge in [-0.15, -0.1) is 0 Å². The predicted octanol–water partition coefficient (Wildman–Crippen LogP) is 3.58.